The fraction of sp³-hybridized carbons (Fsp3) is 0.192. The topological polar surface area (TPSA) is 123 Å². The Bertz CT molecular complexity index is 1410. The predicted molar refractivity (Wildman–Crippen MR) is 135 cm³/mol. The fourth-order valence-electron chi connectivity index (χ4n) is 3.85. The van der Waals surface area contributed by atoms with Gasteiger partial charge in [0.05, 0.1) is 43.2 Å². The molecular formula is C26H27N5O4. The second-order valence-corrected chi connectivity index (χ2v) is 8.00. The minimum atomic E-state index is -0.357. The van der Waals surface area contributed by atoms with Gasteiger partial charge in [-0.25, -0.2) is 4.98 Å². The van der Waals surface area contributed by atoms with Crippen molar-refractivity contribution in [2.75, 3.05) is 31.5 Å². The van der Waals surface area contributed by atoms with Crippen molar-refractivity contribution < 1.29 is 19.1 Å². The first-order valence-corrected chi connectivity index (χ1v) is 11.0. The van der Waals surface area contributed by atoms with Gasteiger partial charge in [-0.1, -0.05) is 12.1 Å². The molecule has 3 aromatic carbocycles. The number of imidazole rings is 1. The van der Waals surface area contributed by atoms with Crippen LogP contribution >= 0.6 is 0 Å². The maximum Gasteiger partial charge on any atom is 0.258 e. The van der Waals surface area contributed by atoms with Crippen LogP contribution < -0.4 is 25.4 Å². The summed E-state index contributed by atoms with van der Waals surface area (Å²) in [6, 6.07) is 15.8. The number of carbonyl (C=O) groups excluding carboxylic acids is 2. The first kappa shape index (κ1) is 23.8. The smallest absolute Gasteiger partial charge is 0.258 e. The molecule has 1 heterocycles. The Morgan fingerprint density at radius 2 is 1.83 bits per heavy atom. The monoisotopic (exact) mass is 473 g/mol. The third kappa shape index (κ3) is 4.67. The Balaban J connectivity index is 1.60. The van der Waals surface area contributed by atoms with Crippen LogP contribution in [0.25, 0.3) is 11.0 Å². The Morgan fingerprint density at radius 3 is 2.54 bits per heavy atom. The lowest BCUT2D eigenvalue weighted by Gasteiger charge is -2.21. The molecule has 0 radical (unpaired) electrons. The lowest BCUT2D eigenvalue weighted by Crippen LogP contribution is -2.26. The average molecular weight is 474 g/mol. The summed E-state index contributed by atoms with van der Waals surface area (Å²) in [5, 5.41) is 2.85. The second-order valence-electron chi connectivity index (χ2n) is 8.00. The molecule has 0 spiro atoms. The van der Waals surface area contributed by atoms with Crippen molar-refractivity contribution in [1.29, 1.82) is 0 Å². The summed E-state index contributed by atoms with van der Waals surface area (Å²) < 4.78 is 10.9. The minimum absolute atomic E-state index is 0.238. The number of aromatic amines is 1. The Labute approximate surface area is 202 Å². The lowest BCUT2D eigenvalue weighted by molar-refractivity contribution is 0.0991. The van der Waals surface area contributed by atoms with E-state index in [-0.39, 0.29) is 18.4 Å². The third-order valence-electron chi connectivity index (χ3n) is 5.70. The molecule has 9 heteroatoms. The van der Waals surface area contributed by atoms with E-state index in [0.29, 0.717) is 45.3 Å². The van der Waals surface area contributed by atoms with Crippen molar-refractivity contribution in [2.24, 2.45) is 5.73 Å². The average Bonchev–Trinajstić information content (AvgIpc) is 3.31. The third-order valence-corrected chi connectivity index (χ3v) is 5.70. The molecule has 0 bridgehead atoms. The van der Waals surface area contributed by atoms with Crippen LogP contribution in [-0.2, 0) is 6.54 Å². The molecule has 0 saturated heterocycles. The van der Waals surface area contributed by atoms with Gasteiger partial charge >= 0.3 is 0 Å². The van der Waals surface area contributed by atoms with E-state index < -0.39 is 0 Å². The van der Waals surface area contributed by atoms with Gasteiger partial charge < -0.3 is 30.4 Å². The number of hydrogen-bond acceptors (Lipinski definition) is 6. The summed E-state index contributed by atoms with van der Waals surface area (Å²) in [5.41, 5.74) is 9.81. The van der Waals surface area contributed by atoms with E-state index in [0.717, 1.165) is 11.1 Å². The second kappa shape index (κ2) is 9.86. The van der Waals surface area contributed by atoms with Gasteiger partial charge in [-0.05, 0) is 55.0 Å². The molecular weight excluding hydrogens is 446 g/mol. The number of nitrogens with one attached hydrogen (secondary N) is 2. The quantitative estimate of drug-likeness (QED) is 0.374. The van der Waals surface area contributed by atoms with Gasteiger partial charge in [-0.2, -0.15) is 0 Å². The van der Waals surface area contributed by atoms with E-state index in [1.165, 1.54) is 12.0 Å². The van der Waals surface area contributed by atoms with Gasteiger partial charge in [-0.15, -0.1) is 0 Å². The summed E-state index contributed by atoms with van der Waals surface area (Å²) in [6.07, 6.45) is 0. The maximum absolute atomic E-state index is 13.2. The highest BCUT2D eigenvalue weighted by Crippen LogP contribution is 2.31. The molecule has 4 rings (SSSR count). The van der Waals surface area contributed by atoms with Crippen LogP contribution in [0.4, 0.5) is 11.4 Å². The predicted octanol–water partition coefficient (Wildman–Crippen LogP) is 3.88. The lowest BCUT2D eigenvalue weighted by atomic mass is 10.1. The minimum Gasteiger partial charge on any atom is -0.495 e. The maximum atomic E-state index is 13.2. The van der Waals surface area contributed by atoms with Crippen molar-refractivity contribution in [3.05, 3.63) is 77.1 Å². The van der Waals surface area contributed by atoms with Crippen molar-refractivity contribution in [3.8, 4) is 11.5 Å². The van der Waals surface area contributed by atoms with Crippen LogP contribution in [0.15, 0.2) is 54.6 Å². The Kier molecular flexibility index (Phi) is 6.70. The van der Waals surface area contributed by atoms with Crippen LogP contribution in [0.3, 0.4) is 0 Å². The van der Waals surface area contributed by atoms with Gasteiger partial charge in [0.2, 0.25) is 0 Å². The zero-order chi connectivity index (χ0) is 25.1. The molecule has 1 aromatic heterocycles. The largest absolute Gasteiger partial charge is 0.495 e. The number of amides is 2. The molecule has 4 aromatic rings. The zero-order valence-corrected chi connectivity index (χ0v) is 20.0. The van der Waals surface area contributed by atoms with Crippen LogP contribution in [-0.4, -0.2) is 43.0 Å². The number of aryl methyl sites for hydroxylation is 1. The number of para-hydroxylation sites is 1. The number of H-pyrrole nitrogens is 1. The number of hydrogen-bond donors (Lipinski definition) is 3. The van der Waals surface area contributed by atoms with Gasteiger partial charge in [0, 0.05) is 12.6 Å². The molecule has 0 unspecified atom stereocenters. The van der Waals surface area contributed by atoms with E-state index in [1.807, 2.05) is 31.2 Å². The molecule has 2 amide bonds. The number of fused-ring (bicyclic) bond motifs is 1. The zero-order valence-electron chi connectivity index (χ0n) is 20.0. The van der Waals surface area contributed by atoms with Crippen molar-refractivity contribution in [1.82, 2.24) is 9.97 Å². The molecule has 4 N–H and O–H groups in total. The van der Waals surface area contributed by atoms with E-state index in [4.69, 9.17) is 15.2 Å². The van der Waals surface area contributed by atoms with E-state index >= 15 is 0 Å². The highest BCUT2D eigenvalue weighted by Gasteiger charge is 2.20. The van der Waals surface area contributed by atoms with Crippen LogP contribution in [0.5, 0.6) is 11.5 Å². The number of anilines is 2. The van der Waals surface area contributed by atoms with Crippen LogP contribution in [0.2, 0.25) is 0 Å². The molecule has 9 nitrogen and oxygen atoms in total. The molecule has 180 valence electrons. The number of ether oxygens (including phenoxy) is 2. The summed E-state index contributed by atoms with van der Waals surface area (Å²) >= 11 is 0. The van der Waals surface area contributed by atoms with E-state index in [9.17, 15) is 9.59 Å². The number of methoxy groups -OCH3 is 2. The summed E-state index contributed by atoms with van der Waals surface area (Å²) in [7, 11) is 4.73. The van der Waals surface area contributed by atoms with Crippen LogP contribution in [0.1, 0.15) is 32.1 Å². The number of rotatable bonds is 7. The number of nitrogens with two attached hydrogens (primary N) is 1. The molecule has 0 saturated carbocycles. The number of nitrogens with zero attached hydrogens (tertiary/aromatic N) is 2. The van der Waals surface area contributed by atoms with Gasteiger partial charge in [-0.3, -0.25) is 9.59 Å². The van der Waals surface area contributed by atoms with Crippen molar-refractivity contribution in [3.63, 3.8) is 0 Å². The van der Waals surface area contributed by atoms with Crippen LogP contribution in [0, 0.1) is 6.92 Å². The van der Waals surface area contributed by atoms with Gasteiger partial charge in [0.25, 0.3) is 11.8 Å². The van der Waals surface area contributed by atoms with E-state index in [2.05, 4.69) is 15.3 Å². The molecule has 0 atom stereocenters. The van der Waals surface area contributed by atoms with Gasteiger partial charge in [0.15, 0.2) is 0 Å². The van der Waals surface area contributed by atoms with Crippen molar-refractivity contribution >= 4 is 34.2 Å². The first-order chi connectivity index (χ1) is 16.9. The Hall–Kier alpha value is -4.37. The molecule has 0 aliphatic rings. The standard InChI is InChI=1S/C26H27N5O4/c1-15-8-11-20(22(12-15)35-4)31(2)26(33)16-9-10-18(21(13-16)34-3)29-25(32)17-6-5-7-19-24(17)30-23(14-27)28-19/h5-13H,14,27H2,1-4H3,(H,28,30)(H,29,32). The molecule has 0 fully saturated rings. The molecule has 0 aliphatic heterocycles. The number of benzene rings is 3. The summed E-state index contributed by atoms with van der Waals surface area (Å²) in [5.74, 6) is 0.936. The number of aromatic nitrogens is 2. The fourth-order valence-corrected chi connectivity index (χ4v) is 3.85. The molecule has 35 heavy (non-hydrogen) atoms. The summed E-state index contributed by atoms with van der Waals surface area (Å²) in [4.78, 5) is 35.3. The SMILES string of the molecule is COc1cc(C(=O)N(C)c2ccc(C)cc2OC)ccc1NC(=O)c1cccc2[nH]c(CN)nc12. The highest BCUT2D eigenvalue weighted by atomic mass is 16.5. The van der Waals surface area contributed by atoms with Gasteiger partial charge in [0.1, 0.15) is 22.8 Å². The number of carbonyl (C=O) groups is 2. The molecule has 0 aliphatic carbocycles. The Morgan fingerprint density at radius 1 is 1.06 bits per heavy atom. The van der Waals surface area contributed by atoms with Crippen molar-refractivity contribution in [2.45, 2.75) is 13.5 Å². The summed E-state index contributed by atoms with van der Waals surface area (Å²) in [6.45, 7) is 2.19. The van der Waals surface area contributed by atoms with E-state index in [1.54, 1.807) is 44.5 Å². The highest BCUT2D eigenvalue weighted by molar-refractivity contribution is 6.12. The normalized spacial score (nSPS) is 10.8. The first-order valence-electron chi connectivity index (χ1n) is 11.0.